The number of nitrogens with one attached hydrogen (secondary N) is 1. The summed E-state index contributed by atoms with van der Waals surface area (Å²) >= 11 is 0. The van der Waals surface area contributed by atoms with Gasteiger partial charge in [-0.3, -0.25) is 4.98 Å². The minimum absolute atomic E-state index is 0.858. The Morgan fingerprint density at radius 3 is 2.93 bits per heavy atom. The molecule has 1 N–H and O–H groups in total. The molecule has 0 saturated carbocycles. The third kappa shape index (κ3) is 0.865. The molecule has 3 heteroatoms. The average Bonchev–Trinajstić information content (AvgIpc) is 2.57. The van der Waals surface area contributed by atoms with Gasteiger partial charge in [0.15, 0.2) is 5.65 Å². The molecule has 0 unspecified atom stereocenters. The molecule has 0 fully saturated rings. The van der Waals surface area contributed by atoms with E-state index in [9.17, 15) is 0 Å². The van der Waals surface area contributed by atoms with Crippen LogP contribution in [-0.2, 0) is 0 Å². The van der Waals surface area contributed by atoms with Gasteiger partial charge in [-0.25, -0.2) is 4.98 Å². The average molecular weight is 183 g/mol. The molecule has 3 nitrogen and oxygen atoms in total. The van der Waals surface area contributed by atoms with Crippen molar-refractivity contribution in [3.63, 3.8) is 0 Å². The molecule has 0 bridgehead atoms. The molecule has 14 heavy (non-hydrogen) atoms. The van der Waals surface area contributed by atoms with Crippen LogP contribution in [0.3, 0.4) is 0 Å². The lowest BCUT2D eigenvalue weighted by molar-refractivity contribution is 1.27. The van der Waals surface area contributed by atoms with E-state index in [0.717, 1.165) is 16.7 Å². The molecule has 68 valence electrons. The van der Waals surface area contributed by atoms with Gasteiger partial charge in [0, 0.05) is 23.3 Å². The monoisotopic (exact) mass is 183 g/mol. The van der Waals surface area contributed by atoms with Crippen LogP contribution in [0.2, 0.25) is 0 Å². The standard InChI is InChI=1S/C11H9N3/c1-7-3-2-4-8-9(7)10-11(14-8)13-6-5-12-10/h2-6H,1H3,(H,13,14). The summed E-state index contributed by atoms with van der Waals surface area (Å²) in [6, 6.07) is 6.17. The Hall–Kier alpha value is -1.90. The van der Waals surface area contributed by atoms with Crippen LogP contribution >= 0.6 is 0 Å². The number of rotatable bonds is 0. The van der Waals surface area contributed by atoms with Crippen LogP contribution in [0.4, 0.5) is 0 Å². The Kier molecular flexibility index (Phi) is 1.36. The Labute approximate surface area is 80.8 Å². The topological polar surface area (TPSA) is 41.6 Å². The van der Waals surface area contributed by atoms with Crippen molar-refractivity contribution >= 4 is 22.1 Å². The molecular weight excluding hydrogens is 174 g/mol. The van der Waals surface area contributed by atoms with Crippen molar-refractivity contribution in [2.24, 2.45) is 0 Å². The zero-order chi connectivity index (χ0) is 9.54. The van der Waals surface area contributed by atoms with Crippen molar-refractivity contribution in [3.05, 3.63) is 36.2 Å². The fourth-order valence-corrected chi connectivity index (χ4v) is 1.83. The summed E-state index contributed by atoms with van der Waals surface area (Å²) in [6.45, 7) is 2.09. The van der Waals surface area contributed by atoms with Crippen molar-refractivity contribution in [1.82, 2.24) is 15.0 Å². The highest BCUT2D eigenvalue weighted by Gasteiger charge is 2.06. The SMILES string of the molecule is Cc1cccc2[nH]c3nccnc3c12. The molecule has 3 aromatic rings. The van der Waals surface area contributed by atoms with E-state index in [1.807, 2.05) is 12.1 Å². The molecule has 0 amide bonds. The molecule has 0 aliphatic carbocycles. The molecule has 0 spiro atoms. The lowest BCUT2D eigenvalue weighted by Crippen LogP contribution is -1.78. The number of H-pyrrole nitrogens is 1. The first-order valence-corrected chi connectivity index (χ1v) is 4.54. The van der Waals surface area contributed by atoms with E-state index in [4.69, 9.17) is 0 Å². The number of benzene rings is 1. The van der Waals surface area contributed by atoms with Gasteiger partial charge >= 0.3 is 0 Å². The second-order valence-electron chi connectivity index (χ2n) is 3.38. The van der Waals surface area contributed by atoms with E-state index >= 15 is 0 Å². The van der Waals surface area contributed by atoms with Gasteiger partial charge in [-0.2, -0.15) is 0 Å². The second kappa shape index (κ2) is 2.54. The smallest absolute Gasteiger partial charge is 0.157 e. The molecular formula is C11H9N3. The van der Waals surface area contributed by atoms with Crippen LogP contribution in [0.1, 0.15) is 5.56 Å². The Morgan fingerprint density at radius 2 is 2.00 bits per heavy atom. The van der Waals surface area contributed by atoms with E-state index in [0.29, 0.717) is 0 Å². The van der Waals surface area contributed by atoms with E-state index in [2.05, 4.69) is 27.9 Å². The number of hydrogen-bond acceptors (Lipinski definition) is 2. The first kappa shape index (κ1) is 7.50. The minimum atomic E-state index is 0.858. The molecule has 1 aromatic carbocycles. The van der Waals surface area contributed by atoms with E-state index in [-0.39, 0.29) is 0 Å². The van der Waals surface area contributed by atoms with Gasteiger partial charge in [0.2, 0.25) is 0 Å². The van der Waals surface area contributed by atoms with Crippen LogP contribution in [-0.4, -0.2) is 15.0 Å². The maximum atomic E-state index is 4.34. The molecule has 0 radical (unpaired) electrons. The van der Waals surface area contributed by atoms with Gasteiger partial charge in [-0.15, -0.1) is 0 Å². The normalized spacial score (nSPS) is 11.2. The predicted molar refractivity (Wildman–Crippen MR) is 56.1 cm³/mol. The summed E-state index contributed by atoms with van der Waals surface area (Å²) < 4.78 is 0. The quantitative estimate of drug-likeness (QED) is 0.581. The van der Waals surface area contributed by atoms with Crippen molar-refractivity contribution in [3.8, 4) is 0 Å². The van der Waals surface area contributed by atoms with Gasteiger partial charge in [0.05, 0.1) is 0 Å². The number of hydrogen-bond donors (Lipinski definition) is 1. The van der Waals surface area contributed by atoms with E-state index in [1.165, 1.54) is 10.9 Å². The first-order chi connectivity index (χ1) is 6.86. The van der Waals surface area contributed by atoms with Crippen LogP contribution in [0.25, 0.3) is 22.1 Å². The summed E-state index contributed by atoms with van der Waals surface area (Å²) in [5, 5.41) is 1.18. The third-order valence-corrected chi connectivity index (χ3v) is 2.46. The Bertz CT molecular complexity index is 610. The van der Waals surface area contributed by atoms with Crippen LogP contribution in [0.5, 0.6) is 0 Å². The molecule has 0 aliphatic heterocycles. The summed E-state index contributed by atoms with van der Waals surface area (Å²) in [4.78, 5) is 11.8. The van der Waals surface area contributed by atoms with Crippen molar-refractivity contribution < 1.29 is 0 Å². The van der Waals surface area contributed by atoms with E-state index < -0.39 is 0 Å². The van der Waals surface area contributed by atoms with Crippen molar-refractivity contribution in [1.29, 1.82) is 0 Å². The number of nitrogens with zero attached hydrogens (tertiary/aromatic N) is 2. The van der Waals surface area contributed by atoms with Crippen LogP contribution in [0.15, 0.2) is 30.6 Å². The molecule has 3 rings (SSSR count). The predicted octanol–water partition coefficient (Wildman–Crippen LogP) is 2.42. The maximum Gasteiger partial charge on any atom is 0.157 e. The highest BCUT2D eigenvalue weighted by atomic mass is 14.9. The lowest BCUT2D eigenvalue weighted by atomic mass is 10.1. The molecule has 2 heterocycles. The van der Waals surface area contributed by atoms with Crippen LogP contribution < -0.4 is 0 Å². The Morgan fingerprint density at radius 1 is 1.14 bits per heavy atom. The summed E-state index contributed by atoms with van der Waals surface area (Å²) in [6.07, 6.45) is 3.43. The number of fused-ring (bicyclic) bond motifs is 3. The molecule has 0 aliphatic rings. The number of aromatic amines is 1. The molecule has 0 saturated heterocycles. The first-order valence-electron chi connectivity index (χ1n) is 4.54. The minimum Gasteiger partial charge on any atom is -0.338 e. The summed E-state index contributed by atoms with van der Waals surface area (Å²) in [5.41, 5.74) is 4.15. The zero-order valence-corrected chi connectivity index (χ0v) is 7.78. The van der Waals surface area contributed by atoms with Gasteiger partial charge in [0.1, 0.15) is 5.52 Å². The van der Waals surface area contributed by atoms with Crippen LogP contribution in [0, 0.1) is 6.92 Å². The third-order valence-electron chi connectivity index (χ3n) is 2.46. The fourth-order valence-electron chi connectivity index (χ4n) is 1.83. The van der Waals surface area contributed by atoms with Gasteiger partial charge in [0.25, 0.3) is 0 Å². The van der Waals surface area contributed by atoms with E-state index in [1.54, 1.807) is 12.4 Å². The zero-order valence-electron chi connectivity index (χ0n) is 7.78. The summed E-state index contributed by atoms with van der Waals surface area (Å²) in [5.74, 6) is 0. The highest BCUT2D eigenvalue weighted by molar-refractivity contribution is 6.05. The van der Waals surface area contributed by atoms with Gasteiger partial charge < -0.3 is 4.98 Å². The number of aromatic nitrogens is 3. The Balaban J connectivity index is 2.65. The number of aryl methyl sites for hydroxylation is 1. The second-order valence-corrected chi connectivity index (χ2v) is 3.38. The van der Waals surface area contributed by atoms with Gasteiger partial charge in [-0.1, -0.05) is 12.1 Å². The van der Waals surface area contributed by atoms with Gasteiger partial charge in [-0.05, 0) is 18.6 Å². The fraction of sp³-hybridized carbons (Fsp3) is 0.0909. The van der Waals surface area contributed by atoms with Crippen molar-refractivity contribution in [2.45, 2.75) is 6.92 Å². The molecule has 2 aromatic heterocycles. The highest BCUT2D eigenvalue weighted by Crippen LogP contribution is 2.24. The summed E-state index contributed by atoms with van der Waals surface area (Å²) in [7, 11) is 0. The molecule has 0 atom stereocenters. The lowest BCUT2D eigenvalue weighted by Gasteiger charge is -1.93. The van der Waals surface area contributed by atoms with Crippen molar-refractivity contribution in [2.75, 3.05) is 0 Å². The maximum absolute atomic E-state index is 4.34. The largest absolute Gasteiger partial charge is 0.338 e.